The summed E-state index contributed by atoms with van der Waals surface area (Å²) >= 11 is 6.03. The number of alkyl halides is 6. The first-order chi connectivity index (χ1) is 13.8. The van der Waals surface area contributed by atoms with Gasteiger partial charge in [0.25, 0.3) is 0 Å². The zero-order valence-electron chi connectivity index (χ0n) is 15.4. The van der Waals surface area contributed by atoms with E-state index in [9.17, 15) is 31.1 Å². The summed E-state index contributed by atoms with van der Waals surface area (Å²) in [6, 6.07) is 8.39. The van der Waals surface area contributed by atoms with Crippen molar-refractivity contribution in [3.63, 3.8) is 0 Å². The molecule has 3 nitrogen and oxygen atoms in total. The normalized spacial score (nSPS) is 11.5. The number of rotatable bonds is 4. The van der Waals surface area contributed by atoms with E-state index in [1.807, 2.05) is 0 Å². The molecule has 2 rings (SSSR count). The third-order valence-electron chi connectivity index (χ3n) is 3.54. The molecule has 166 valence electrons. The Morgan fingerprint density at radius 2 is 1.37 bits per heavy atom. The number of halogens is 8. The molecule has 0 amide bonds. The Labute approximate surface area is 185 Å². The third-order valence-corrected chi connectivity index (χ3v) is 5.09. The van der Waals surface area contributed by atoms with Gasteiger partial charge >= 0.3 is 18.3 Å². The number of carbonyl (C=O) groups excluding carboxylic acids is 1. The lowest BCUT2D eigenvalue weighted by atomic mass is 10.1. The molecule has 0 spiro atoms. The van der Waals surface area contributed by atoms with Crippen molar-refractivity contribution in [2.24, 2.45) is 0 Å². The van der Waals surface area contributed by atoms with Gasteiger partial charge < -0.3 is 9.84 Å². The van der Waals surface area contributed by atoms with Crippen LogP contribution in [0.4, 0.5) is 26.3 Å². The van der Waals surface area contributed by atoms with Crippen LogP contribution in [0, 0.1) is 0 Å². The fourth-order valence-corrected chi connectivity index (χ4v) is 3.02. The third kappa shape index (κ3) is 9.48. The zero-order valence-corrected chi connectivity index (χ0v) is 18.5. The topological polar surface area (TPSA) is 46.5 Å². The van der Waals surface area contributed by atoms with Crippen molar-refractivity contribution < 1.29 is 41.0 Å². The lowest BCUT2D eigenvalue weighted by Gasteiger charge is -2.09. The van der Waals surface area contributed by atoms with Crippen molar-refractivity contribution in [2.45, 2.75) is 31.8 Å². The maximum Gasteiger partial charge on any atom is 0.393 e. The van der Waals surface area contributed by atoms with E-state index in [1.54, 1.807) is 6.07 Å². The smallest absolute Gasteiger partial charge is 0.393 e. The van der Waals surface area contributed by atoms with Crippen LogP contribution >= 0.6 is 31.9 Å². The average Bonchev–Trinajstić information content (AvgIpc) is 2.63. The molecule has 0 aliphatic rings. The van der Waals surface area contributed by atoms with Crippen LogP contribution in [0.1, 0.15) is 27.0 Å². The molecule has 0 aliphatic carbocycles. The molecule has 0 unspecified atom stereocenters. The highest BCUT2D eigenvalue weighted by Crippen LogP contribution is 2.28. The number of benzene rings is 2. The number of ether oxygens (including phenoxy) is 1. The molecule has 0 aliphatic heterocycles. The van der Waals surface area contributed by atoms with Crippen LogP contribution in [0.2, 0.25) is 0 Å². The molecule has 2 aromatic rings. The summed E-state index contributed by atoms with van der Waals surface area (Å²) in [6.07, 6.45) is -10.6. The largest absolute Gasteiger partial charge is 0.465 e. The van der Waals surface area contributed by atoms with E-state index < -0.39 is 31.2 Å². The molecule has 0 saturated carbocycles. The van der Waals surface area contributed by atoms with Gasteiger partial charge in [0.05, 0.1) is 32.1 Å². The monoisotopic (exact) mass is 564 g/mol. The van der Waals surface area contributed by atoms with Crippen LogP contribution in [0.5, 0.6) is 0 Å². The summed E-state index contributed by atoms with van der Waals surface area (Å²) in [5, 5.41) is 8.75. The van der Waals surface area contributed by atoms with Crippen LogP contribution in [-0.4, -0.2) is 30.5 Å². The van der Waals surface area contributed by atoms with E-state index in [0.29, 0.717) is 14.5 Å². The van der Waals surface area contributed by atoms with E-state index in [4.69, 9.17) is 5.11 Å². The second kappa shape index (κ2) is 11.1. The van der Waals surface area contributed by atoms with Crippen molar-refractivity contribution in [2.75, 3.05) is 7.11 Å². The van der Waals surface area contributed by atoms with E-state index in [1.165, 1.54) is 37.4 Å². The first kappa shape index (κ1) is 26.4. The molecule has 0 saturated heterocycles. The van der Waals surface area contributed by atoms with Crippen molar-refractivity contribution in [1.82, 2.24) is 0 Å². The molecule has 0 fully saturated rings. The van der Waals surface area contributed by atoms with E-state index in [2.05, 4.69) is 36.6 Å². The van der Waals surface area contributed by atoms with Gasteiger partial charge in [0.15, 0.2) is 0 Å². The standard InChI is InChI=1S/C10H8BrF3O2.C9H8BrF3O/c1-16-9(15)6-2-3-8(11)7(4-6)5-10(12,13)14;10-8-2-1-6(5-14)3-7(8)4-9(11,12)13/h2-4H,5H2,1H3;1-3,14H,4-5H2. The van der Waals surface area contributed by atoms with Crippen LogP contribution in [0.25, 0.3) is 0 Å². The van der Waals surface area contributed by atoms with Crippen LogP contribution in [0.3, 0.4) is 0 Å². The van der Waals surface area contributed by atoms with Gasteiger partial charge in [-0.15, -0.1) is 0 Å². The summed E-state index contributed by atoms with van der Waals surface area (Å²) in [4.78, 5) is 11.1. The van der Waals surface area contributed by atoms with Gasteiger partial charge in [-0.25, -0.2) is 4.79 Å². The minimum absolute atomic E-state index is 0.00963. The minimum Gasteiger partial charge on any atom is -0.465 e. The van der Waals surface area contributed by atoms with Crippen molar-refractivity contribution in [3.05, 3.63) is 67.6 Å². The second-order valence-electron chi connectivity index (χ2n) is 5.97. The van der Waals surface area contributed by atoms with Gasteiger partial charge in [-0.1, -0.05) is 44.0 Å². The van der Waals surface area contributed by atoms with E-state index >= 15 is 0 Å². The van der Waals surface area contributed by atoms with E-state index in [0.717, 1.165) is 0 Å². The fourth-order valence-electron chi connectivity index (χ4n) is 2.25. The summed E-state index contributed by atoms with van der Waals surface area (Å²) in [5.74, 6) is -0.657. The molecule has 1 N–H and O–H groups in total. The predicted molar refractivity (Wildman–Crippen MR) is 105 cm³/mol. The molecular formula is C19H16Br2F6O3. The number of aliphatic hydroxyl groups is 1. The molecule has 0 radical (unpaired) electrons. The highest BCUT2D eigenvalue weighted by Gasteiger charge is 2.29. The lowest BCUT2D eigenvalue weighted by Crippen LogP contribution is -2.13. The van der Waals surface area contributed by atoms with Gasteiger partial charge in [0, 0.05) is 8.95 Å². The number of esters is 1. The first-order valence-corrected chi connectivity index (χ1v) is 9.72. The number of hydrogen-bond acceptors (Lipinski definition) is 3. The Morgan fingerprint density at radius 3 is 1.80 bits per heavy atom. The van der Waals surface area contributed by atoms with Crippen molar-refractivity contribution in [1.29, 1.82) is 0 Å². The van der Waals surface area contributed by atoms with Gasteiger partial charge in [-0.3, -0.25) is 0 Å². The number of methoxy groups -OCH3 is 1. The molecule has 0 bridgehead atoms. The SMILES string of the molecule is COC(=O)c1ccc(Br)c(CC(F)(F)F)c1.OCc1ccc(Br)c(CC(F)(F)F)c1. The summed E-state index contributed by atoms with van der Waals surface area (Å²) in [5.41, 5.74) is 0.733. The molecule has 0 heterocycles. The summed E-state index contributed by atoms with van der Waals surface area (Å²) < 4.78 is 78.0. The Kier molecular flexibility index (Phi) is 9.83. The Balaban J connectivity index is 0.000000303. The predicted octanol–water partition coefficient (Wildman–Crippen LogP) is 6.39. The first-order valence-electron chi connectivity index (χ1n) is 8.14. The van der Waals surface area contributed by atoms with Gasteiger partial charge in [-0.05, 0) is 41.0 Å². The van der Waals surface area contributed by atoms with Gasteiger partial charge in [0.1, 0.15) is 0 Å². The van der Waals surface area contributed by atoms with Gasteiger partial charge in [-0.2, -0.15) is 26.3 Å². The van der Waals surface area contributed by atoms with Crippen LogP contribution in [-0.2, 0) is 24.2 Å². The van der Waals surface area contributed by atoms with E-state index in [-0.39, 0.29) is 23.3 Å². The Morgan fingerprint density at radius 1 is 0.900 bits per heavy atom. The van der Waals surface area contributed by atoms with Crippen molar-refractivity contribution in [3.8, 4) is 0 Å². The maximum atomic E-state index is 12.2. The lowest BCUT2D eigenvalue weighted by molar-refractivity contribution is -0.128. The van der Waals surface area contributed by atoms with Crippen LogP contribution < -0.4 is 0 Å². The molecule has 2 aromatic carbocycles. The molecular weight excluding hydrogens is 550 g/mol. The average molecular weight is 566 g/mol. The second-order valence-corrected chi connectivity index (χ2v) is 7.67. The summed E-state index contributed by atoms with van der Waals surface area (Å²) in [6.45, 7) is -0.252. The number of aliphatic hydroxyl groups excluding tert-OH is 1. The van der Waals surface area contributed by atoms with Crippen LogP contribution in [0.15, 0.2) is 45.3 Å². The minimum atomic E-state index is -4.31. The van der Waals surface area contributed by atoms with Gasteiger partial charge in [0.2, 0.25) is 0 Å². The summed E-state index contributed by atoms with van der Waals surface area (Å²) in [7, 11) is 1.17. The van der Waals surface area contributed by atoms with Crippen molar-refractivity contribution >= 4 is 37.8 Å². The Bertz CT molecular complexity index is 866. The molecule has 30 heavy (non-hydrogen) atoms. The highest BCUT2D eigenvalue weighted by atomic mass is 79.9. The molecule has 11 heteroatoms. The molecule has 0 aromatic heterocycles. The highest BCUT2D eigenvalue weighted by molar-refractivity contribution is 9.10. The Hall–Kier alpha value is -1.59. The zero-order chi connectivity index (χ0) is 23.1. The number of carbonyl (C=O) groups is 1. The quantitative estimate of drug-likeness (QED) is 0.345. The fraction of sp³-hybridized carbons (Fsp3) is 0.316. The number of hydrogen-bond donors (Lipinski definition) is 1. The maximum absolute atomic E-state index is 12.2. The molecule has 0 atom stereocenters.